The van der Waals surface area contributed by atoms with Crippen LogP contribution in [-0.2, 0) is 19.6 Å². The Balaban J connectivity index is 1.79. The topological polar surface area (TPSA) is 119 Å². The van der Waals surface area contributed by atoms with Crippen LogP contribution in [-0.4, -0.2) is 67.6 Å². The van der Waals surface area contributed by atoms with E-state index in [1.165, 1.54) is 31.0 Å². The molecule has 0 unspecified atom stereocenters. The van der Waals surface area contributed by atoms with Crippen LogP contribution in [0.5, 0.6) is 0 Å². The van der Waals surface area contributed by atoms with E-state index >= 15 is 0 Å². The summed E-state index contributed by atoms with van der Waals surface area (Å²) in [5.74, 6) is -0.525. The number of carbonyl (C=O) groups excluding carboxylic acids is 2. The molecule has 9 nitrogen and oxygen atoms in total. The van der Waals surface area contributed by atoms with Gasteiger partial charge in [0.15, 0.2) is 4.34 Å². The predicted octanol–water partition coefficient (Wildman–Crippen LogP) is 2.56. The number of amides is 1. The minimum absolute atomic E-state index is 0.0261. The van der Waals surface area contributed by atoms with Gasteiger partial charge < -0.3 is 9.64 Å². The molecule has 30 heavy (non-hydrogen) atoms. The van der Waals surface area contributed by atoms with E-state index in [-0.39, 0.29) is 21.7 Å². The molecule has 0 atom stereocenters. The predicted molar refractivity (Wildman–Crippen MR) is 117 cm³/mol. The SMILES string of the molecule is COC(=O)CSc1nnc(NS(=O)(=O)c2ccc(SC)c(C(=O)N3CCCC3)c2)s1. The number of thioether (sulfide) groups is 2. The Morgan fingerprint density at radius 3 is 2.67 bits per heavy atom. The van der Waals surface area contributed by atoms with Crippen molar-refractivity contribution in [2.75, 3.05) is 36.9 Å². The maximum atomic E-state index is 12.9. The van der Waals surface area contributed by atoms with E-state index in [2.05, 4.69) is 19.7 Å². The molecule has 13 heteroatoms. The first-order valence-corrected chi connectivity index (χ1v) is 13.4. The molecule has 0 radical (unpaired) electrons. The zero-order valence-corrected chi connectivity index (χ0v) is 19.5. The van der Waals surface area contributed by atoms with Gasteiger partial charge in [-0.25, -0.2) is 8.42 Å². The molecule has 0 bridgehead atoms. The first-order chi connectivity index (χ1) is 14.3. The van der Waals surface area contributed by atoms with Crippen molar-refractivity contribution in [2.24, 2.45) is 0 Å². The Kier molecular flexibility index (Phi) is 7.60. The smallest absolute Gasteiger partial charge is 0.316 e. The number of esters is 1. The van der Waals surface area contributed by atoms with Crippen molar-refractivity contribution in [2.45, 2.75) is 27.0 Å². The van der Waals surface area contributed by atoms with Crippen molar-refractivity contribution in [3.05, 3.63) is 23.8 Å². The van der Waals surface area contributed by atoms with Crippen LogP contribution in [0, 0.1) is 0 Å². The lowest BCUT2D eigenvalue weighted by Crippen LogP contribution is -2.28. The van der Waals surface area contributed by atoms with Crippen LogP contribution in [0.2, 0.25) is 0 Å². The van der Waals surface area contributed by atoms with Gasteiger partial charge >= 0.3 is 5.97 Å². The van der Waals surface area contributed by atoms with E-state index in [9.17, 15) is 18.0 Å². The number of carbonyl (C=O) groups is 2. The lowest BCUT2D eigenvalue weighted by Gasteiger charge is -2.18. The molecule has 0 aliphatic carbocycles. The average Bonchev–Trinajstić information content (AvgIpc) is 3.43. The van der Waals surface area contributed by atoms with Gasteiger partial charge in [-0.2, -0.15) is 0 Å². The molecule has 1 aromatic carbocycles. The Hall–Kier alpha value is -1.83. The monoisotopic (exact) mass is 488 g/mol. The Labute approximate surface area is 187 Å². The zero-order valence-electron chi connectivity index (χ0n) is 16.3. The maximum Gasteiger partial charge on any atom is 0.316 e. The number of likely N-dealkylation sites (tertiary alicyclic amines) is 1. The first kappa shape index (κ1) is 22.8. The third kappa shape index (κ3) is 5.45. The molecule has 0 spiro atoms. The number of benzene rings is 1. The van der Waals surface area contributed by atoms with Crippen LogP contribution in [0.15, 0.2) is 32.3 Å². The van der Waals surface area contributed by atoms with E-state index in [4.69, 9.17) is 0 Å². The fourth-order valence-electron chi connectivity index (χ4n) is 2.77. The van der Waals surface area contributed by atoms with E-state index in [1.54, 1.807) is 11.0 Å². The van der Waals surface area contributed by atoms with Gasteiger partial charge in [0, 0.05) is 18.0 Å². The number of anilines is 1. The fraction of sp³-hybridized carbons (Fsp3) is 0.412. The number of hydrogen-bond donors (Lipinski definition) is 1. The highest BCUT2D eigenvalue weighted by Crippen LogP contribution is 2.29. The molecular weight excluding hydrogens is 468 g/mol. The summed E-state index contributed by atoms with van der Waals surface area (Å²) < 4.78 is 33.0. The van der Waals surface area contributed by atoms with Gasteiger partial charge in [-0.1, -0.05) is 23.1 Å². The molecule has 1 aromatic heterocycles. The van der Waals surface area contributed by atoms with Crippen LogP contribution >= 0.6 is 34.9 Å². The minimum Gasteiger partial charge on any atom is -0.468 e. The number of aromatic nitrogens is 2. The summed E-state index contributed by atoms with van der Waals surface area (Å²) in [6.45, 7) is 1.36. The molecular formula is C17H20N4O5S4. The molecule has 162 valence electrons. The molecule has 2 heterocycles. The summed E-state index contributed by atoms with van der Waals surface area (Å²) >= 11 is 3.51. The molecule has 1 amide bonds. The molecule has 1 aliphatic rings. The minimum atomic E-state index is -3.96. The standard InChI is InChI=1S/C17H20N4O5S4/c1-26-14(22)10-28-17-19-18-16(29-17)20-30(24,25)11-5-6-13(27-2)12(9-11)15(23)21-7-3-4-8-21/h5-6,9H,3-4,7-8,10H2,1-2H3,(H,18,20). The Bertz CT molecular complexity index is 1030. The third-order valence-corrected chi connectivity index (χ3v) is 8.48. The summed E-state index contributed by atoms with van der Waals surface area (Å²) in [7, 11) is -2.68. The molecule has 1 fully saturated rings. The maximum absolute atomic E-state index is 12.9. The molecule has 1 saturated heterocycles. The Morgan fingerprint density at radius 1 is 1.27 bits per heavy atom. The molecule has 3 rings (SSSR count). The molecule has 0 saturated carbocycles. The van der Waals surface area contributed by atoms with Crippen LogP contribution < -0.4 is 4.72 Å². The second kappa shape index (κ2) is 9.98. The number of rotatable bonds is 8. The highest BCUT2D eigenvalue weighted by molar-refractivity contribution is 8.01. The second-order valence-corrected chi connectivity index (χ2v) is 10.9. The lowest BCUT2D eigenvalue weighted by atomic mass is 10.2. The van der Waals surface area contributed by atoms with Gasteiger partial charge in [-0.3, -0.25) is 14.3 Å². The van der Waals surface area contributed by atoms with Crippen LogP contribution in [0.25, 0.3) is 0 Å². The number of hydrogen-bond acceptors (Lipinski definition) is 10. The van der Waals surface area contributed by atoms with Crippen LogP contribution in [0.3, 0.4) is 0 Å². The number of ether oxygens (including phenoxy) is 1. The fourth-order valence-corrected chi connectivity index (χ4v) is 6.19. The summed E-state index contributed by atoms with van der Waals surface area (Å²) in [6, 6.07) is 4.51. The van der Waals surface area contributed by atoms with Crippen LogP contribution in [0.1, 0.15) is 23.2 Å². The highest BCUT2D eigenvalue weighted by atomic mass is 32.2. The first-order valence-electron chi connectivity index (χ1n) is 8.87. The molecule has 1 N–H and O–H groups in total. The quantitative estimate of drug-likeness (QED) is 0.442. The van der Waals surface area contributed by atoms with E-state index < -0.39 is 16.0 Å². The number of sulfonamides is 1. The molecule has 1 aliphatic heterocycles. The van der Waals surface area contributed by atoms with E-state index in [1.807, 2.05) is 6.26 Å². The van der Waals surface area contributed by atoms with Crippen LogP contribution in [0.4, 0.5) is 5.13 Å². The number of nitrogens with one attached hydrogen (secondary N) is 1. The summed E-state index contributed by atoms with van der Waals surface area (Å²) in [6.07, 6.45) is 3.75. The lowest BCUT2D eigenvalue weighted by molar-refractivity contribution is -0.137. The largest absolute Gasteiger partial charge is 0.468 e. The van der Waals surface area contributed by atoms with Crippen molar-refractivity contribution < 1.29 is 22.7 Å². The summed E-state index contributed by atoms with van der Waals surface area (Å²) in [5, 5.41) is 7.74. The zero-order chi connectivity index (χ0) is 21.7. The van der Waals surface area contributed by atoms with Crippen molar-refractivity contribution in [3.8, 4) is 0 Å². The van der Waals surface area contributed by atoms with Crippen molar-refractivity contribution >= 4 is 61.9 Å². The van der Waals surface area contributed by atoms with Gasteiger partial charge in [0.05, 0.1) is 23.3 Å². The van der Waals surface area contributed by atoms with Gasteiger partial charge in [0.25, 0.3) is 15.9 Å². The Morgan fingerprint density at radius 2 is 2.00 bits per heavy atom. The van der Waals surface area contributed by atoms with Gasteiger partial charge in [-0.05, 0) is 37.3 Å². The summed E-state index contributed by atoms with van der Waals surface area (Å²) in [5.41, 5.74) is 0.374. The number of nitrogens with zero attached hydrogens (tertiary/aromatic N) is 3. The molecule has 2 aromatic rings. The second-order valence-electron chi connectivity index (χ2n) is 6.20. The van der Waals surface area contributed by atoms with Crippen molar-refractivity contribution in [1.29, 1.82) is 0 Å². The third-order valence-electron chi connectivity index (χ3n) is 4.27. The van der Waals surface area contributed by atoms with Gasteiger partial charge in [0.1, 0.15) is 0 Å². The normalized spacial score (nSPS) is 14.0. The van der Waals surface area contributed by atoms with E-state index in [0.717, 1.165) is 40.8 Å². The number of methoxy groups -OCH3 is 1. The summed E-state index contributed by atoms with van der Waals surface area (Å²) in [4.78, 5) is 26.5. The van der Waals surface area contributed by atoms with Gasteiger partial charge in [0.2, 0.25) is 5.13 Å². The van der Waals surface area contributed by atoms with Gasteiger partial charge in [-0.15, -0.1) is 22.0 Å². The van der Waals surface area contributed by atoms with Crippen molar-refractivity contribution in [3.63, 3.8) is 0 Å². The highest BCUT2D eigenvalue weighted by Gasteiger charge is 2.25. The van der Waals surface area contributed by atoms with E-state index in [0.29, 0.717) is 23.0 Å². The van der Waals surface area contributed by atoms with Crippen molar-refractivity contribution in [1.82, 2.24) is 15.1 Å². The average molecular weight is 489 g/mol.